The molecule has 8 heteroatoms. The number of hydrogen-bond acceptors (Lipinski definition) is 6. The van der Waals surface area contributed by atoms with E-state index in [0.29, 0.717) is 38.4 Å². The minimum absolute atomic E-state index is 0.0146. The van der Waals surface area contributed by atoms with E-state index in [-0.39, 0.29) is 11.2 Å². The zero-order valence-corrected chi connectivity index (χ0v) is 19.7. The number of ether oxygens (including phenoxy) is 2. The number of Topliss-reactive ketones (excluding diaryl/α,β-unsaturated/α-hetero) is 1. The largest absolute Gasteiger partial charge is 0.496 e. The smallest absolute Gasteiger partial charge is 0.177 e. The van der Waals surface area contributed by atoms with Gasteiger partial charge in [-0.3, -0.25) is 4.79 Å². The molecular formula is C23H27N3O4S. The standard InChI is InChI=1S/C23H27N3O4S/c1-14-22(31(28)17-10-8-16(9-11-17)23(3,4)5)24-25-26(14)19-13-20(29-6)18(15(2)27)12-21(19)30-7/h8-13H,1-7H3. The van der Waals surface area contributed by atoms with E-state index < -0.39 is 10.8 Å². The lowest BCUT2D eigenvalue weighted by molar-refractivity contribution is 0.101. The van der Waals surface area contributed by atoms with Crippen molar-refractivity contribution in [3.8, 4) is 17.2 Å². The van der Waals surface area contributed by atoms with Gasteiger partial charge in [-0.25, -0.2) is 8.89 Å². The van der Waals surface area contributed by atoms with Crippen molar-refractivity contribution >= 4 is 16.6 Å². The van der Waals surface area contributed by atoms with E-state index in [1.165, 1.54) is 21.1 Å². The fourth-order valence-electron chi connectivity index (χ4n) is 3.23. The van der Waals surface area contributed by atoms with Crippen molar-refractivity contribution in [3.05, 3.63) is 53.2 Å². The summed E-state index contributed by atoms with van der Waals surface area (Å²) in [7, 11) is 1.51. The van der Waals surface area contributed by atoms with Crippen molar-refractivity contribution in [1.82, 2.24) is 15.0 Å². The summed E-state index contributed by atoms with van der Waals surface area (Å²) in [4.78, 5) is 12.6. The maximum Gasteiger partial charge on any atom is 0.177 e. The highest BCUT2D eigenvalue weighted by Gasteiger charge is 2.22. The Bertz CT molecular complexity index is 1140. The predicted molar refractivity (Wildman–Crippen MR) is 119 cm³/mol. The van der Waals surface area contributed by atoms with E-state index in [1.54, 1.807) is 23.7 Å². The average molecular weight is 442 g/mol. The monoisotopic (exact) mass is 441 g/mol. The Morgan fingerprint density at radius 3 is 2.16 bits per heavy atom. The molecule has 164 valence electrons. The summed E-state index contributed by atoms with van der Waals surface area (Å²) in [5.74, 6) is 0.696. The van der Waals surface area contributed by atoms with Crippen LogP contribution in [0.4, 0.5) is 0 Å². The highest BCUT2D eigenvalue weighted by atomic mass is 32.2. The van der Waals surface area contributed by atoms with Crippen LogP contribution in [0.3, 0.4) is 0 Å². The van der Waals surface area contributed by atoms with Crippen LogP contribution < -0.4 is 9.47 Å². The molecule has 0 aliphatic carbocycles. The lowest BCUT2D eigenvalue weighted by atomic mass is 9.87. The molecule has 31 heavy (non-hydrogen) atoms. The van der Waals surface area contributed by atoms with Crippen LogP contribution in [0, 0.1) is 6.92 Å². The first-order valence-corrected chi connectivity index (χ1v) is 11.0. The molecule has 0 spiro atoms. The molecule has 1 unspecified atom stereocenters. The maximum atomic E-state index is 13.2. The Morgan fingerprint density at radius 2 is 1.65 bits per heavy atom. The molecule has 1 aromatic heterocycles. The van der Waals surface area contributed by atoms with E-state index >= 15 is 0 Å². The number of carbonyl (C=O) groups is 1. The van der Waals surface area contributed by atoms with Gasteiger partial charge in [0.15, 0.2) is 10.8 Å². The third kappa shape index (κ3) is 4.39. The SMILES string of the molecule is COc1cc(-n2nnc(S(=O)c3ccc(C(C)(C)C)cc3)c2C)c(OC)cc1C(C)=O. The average Bonchev–Trinajstić information content (AvgIpc) is 3.12. The van der Waals surface area contributed by atoms with Crippen LogP contribution in [-0.4, -0.2) is 39.2 Å². The summed E-state index contributed by atoms with van der Waals surface area (Å²) >= 11 is 0. The van der Waals surface area contributed by atoms with E-state index in [4.69, 9.17) is 9.47 Å². The first kappa shape index (κ1) is 22.7. The second-order valence-corrected chi connectivity index (χ2v) is 9.61. The molecule has 7 nitrogen and oxygen atoms in total. The molecule has 0 saturated carbocycles. The second kappa shape index (κ2) is 8.63. The van der Waals surface area contributed by atoms with Crippen LogP contribution in [-0.2, 0) is 16.2 Å². The van der Waals surface area contributed by atoms with Crippen LogP contribution in [0.25, 0.3) is 5.69 Å². The fraction of sp³-hybridized carbons (Fsp3) is 0.348. The van der Waals surface area contributed by atoms with Gasteiger partial charge in [0.2, 0.25) is 0 Å². The molecule has 1 heterocycles. The van der Waals surface area contributed by atoms with Gasteiger partial charge in [-0.05, 0) is 43.0 Å². The van der Waals surface area contributed by atoms with Gasteiger partial charge in [0.25, 0.3) is 0 Å². The summed E-state index contributed by atoms with van der Waals surface area (Å²) in [6, 6.07) is 11.0. The number of hydrogen-bond donors (Lipinski definition) is 0. The van der Waals surface area contributed by atoms with Crippen molar-refractivity contribution in [2.75, 3.05) is 14.2 Å². The van der Waals surface area contributed by atoms with Gasteiger partial charge in [0.1, 0.15) is 28.0 Å². The van der Waals surface area contributed by atoms with E-state index in [1.807, 2.05) is 24.3 Å². The summed E-state index contributed by atoms with van der Waals surface area (Å²) in [5, 5.41) is 8.74. The highest BCUT2D eigenvalue weighted by Crippen LogP contribution is 2.33. The van der Waals surface area contributed by atoms with E-state index in [0.717, 1.165) is 5.56 Å². The topological polar surface area (TPSA) is 83.3 Å². The van der Waals surface area contributed by atoms with Crippen LogP contribution in [0.1, 0.15) is 49.3 Å². The first-order chi connectivity index (χ1) is 14.6. The zero-order valence-electron chi connectivity index (χ0n) is 18.8. The maximum absolute atomic E-state index is 13.2. The molecule has 0 N–H and O–H groups in total. The van der Waals surface area contributed by atoms with Crippen LogP contribution >= 0.6 is 0 Å². The summed E-state index contributed by atoms with van der Waals surface area (Å²) in [6.07, 6.45) is 0. The van der Waals surface area contributed by atoms with Crippen molar-refractivity contribution in [3.63, 3.8) is 0 Å². The lowest BCUT2D eigenvalue weighted by Crippen LogP contribution is -2.10. The molecule has 0 aliphatic heterocycles. The molecule has 0 bridgehead atoms. The Labute approximate surface area is 184 Å². The number of methoxy groups -OCH3 is 2. The summed E-state index contributed by atoms with van der Waals surface area (Å²) in [5.41, 5.74) is 2.73. The number of ketones is 1. The molecule has 1 atom stereocenters. The third-order valence-corrected chi connectivity index (χ3v) is 6.50. The minimum atomic E-state index is -1.49. The van der Waals surface area contributed by atoms with Gasteiger partial charge in [0, 0.05) is 11.0 Å². The van der Waals surface area contributed by atoms with Gasteiger partial charge in [-0.1, -0.05) is 38.1 Å². The van der Waals surface area contributed by atoms with Gasteiger partial charge in [-0.2, -0.15) is 0 Å². The number of aromatic nitrogens is 3. The number of carbonyl (C=O) groups excluding carboxylic acids is 1. The van der Waals surface area contributed by atoms with Gasteiger partial charge in [0.05, 0.1) is 25.5 Å². The third-order valence-electron chi connectivity index (χ3n) is 5.07. The Morgan fingerprint density at radius 1 is 1.03 bits per heavy atom. The number of nitrogens with zero attached hydrogens (tertiary/aromatic N) is 3. The second-order valence-electron chi connectivity index (χ2n) is 8.22. The summed E-state index contributed by atoms with van der Waals surface area (Å²) < 4.78 is 25.6. The number of benzene rings is 2. The quantitative estimate of drug-likeness (QED) is 0.532. The Hall–Kier alpha value is -3.00. The first-order valence-electron chi connectivity index (χ1n) is 9.80. The molecule has 0 fully saturated rings. The predicted octanol–water partition coefficient (Wildman–Crippen LogP) is 4.26. The van der Waals surface area contributed by atoms with Gasteiger partial charge < -0.3 is 9.47 Å². The van der Waals surface area contributed by atoms with Gasteiger partial charge in [-0.15, -0.1) is 5.10 Å². The van der Waals surface area contributed by atoms with Crippen molar-refractivity contribution in [2.45, 2.75) is 50.0 Å². The molecule has 0 amide bonds. The molecular weight excluding hydrogens is 414 g/mol. The van der Waals surface area contributed by atoms with Crippen molar-refractivity contribution in [2.24, 2.45) is 0 Å². The number of rotatable bonds is 6. The zero-order chi connectivity index (χ0) is 22.9. The van der Waals surface area contributed by atoms with E-state index in [2.05, 4.69) is 31.1 Å². The van der Waals surface area contributed by atoms with E-state index in [9.17, 15) is 9.00 Å². The van der Waals surface area contributed by atoms with Crippen LogP contribution in [0.15, 0.2) is 46.3 Å². The molecule has 2 aromatic carbocycles. The molecule has 0 aliphatic rings. The van der Waals surface area contributed by atoms with Gasteiger partial charge >= 0.3 is 0 Å². The van der Waals surface area contributed by atoms with Crippen LogP contribution in [0.5, 0.6) is 11.5 Å². The molecule has 0 saturated heterocycles. The summed E-state index contributed by atoms with van der Waals surface area (Å²) in [6.45, 7) is 9.65. The molecule has 3 rings (SSSR count). The molecule has 0 radical (unpaired) electrons. The Balaban J connectivity index is 2.04. The lowest BCUT2D eigenvalue weighted by Gasteiger charge is -2.18. The van der Waals surface area contributed by atoms with Crippen molar-refractivity contribution < 1.29 is 18.5 Å². The van der Waals surface area contributed by atoms with Crippen LogP contribution in [0.2, 0.25) is 0 Å². The Kier molecular flexibility index (Phi) is 6.31. The fourth-order valence-corrected chi connectivity index (χ4v) is 4.30. The normalized spacial score (nSPS) is 12.5. The highest BCUT2D eigenvalue weighted by molar-refractivity contribution is 7.85. The van der Waals surface area contributed by atoms with Crippen molar-refractivity contribution in [1.29, 1.82) is 0 Å². The minimum Gasteiger partial charge on any atom is -0.496 e. The molecule has 3 aromatic rings.